The number of rotatable bonds is 8. The second kappa shape index (κ2) is 8.11. The predicted octanol–water partition coefficient (Wildman–Crippen LogP) is 1.40. The maximum atomic E-state index is 12.0. The van der Waals surface area contributed by atoms with Crippen molar-refractivity contribution in [2.24, 2.45) is 5.14 Å². The Kier molecular flexibility index (Phi) is 6.80. The molecule has 0 bridgehead atoms. The van der Waals surface area contributed by atoms with Gasteiger partial charge in [-0.05, 0) is 24.1 Å². The quantitative estimate of drug-likeness (QED) is 0.709. The highest BCUT2D eigenvalue weighted by atomic mass is 32.2. The second-order valence-corrected chi connectivity index (χ2v) is 6.29. The van der Waals surface area contributed by atoms with E-state index in [1.165, 1.54) is 13.2 Å². The van der Waals surface area contributed by atoms with Gasteiger partial charge in [0.2, 0.25) is 10.0 Å². The van der Waals surface area contributed by atoms with Crippen molar-refractivity contribution < 1.29 is 17.9 Å². The lowest BCUT2D eigenvalue weighted by Crippen LogP contribution is -2.25. The molecule has 118 valence electrons. The molecule has 0 aliphatic rings. The molecule has 0 saturated heterocycles. The van der Waals surface area contributed by atoms with Gasteiger partial charge in [0.1, 0.15) is 0 Å². The Morgan fingerprint density at radius 2 is 2.05 bits per heavy atom. The zero-order chi connectivity index (χ0) is 15.9. The number of benzene rings is 1. The number of nitrogens with two attached hydrogens (primary N) is 1. The zero-order valence-corrected chi connectivity index (χ0v) is 13.2. The number of unbranched alkanes of at least 4 members (excludes halogenated alkanes) is 2. The average molecular weight is 314 g/mol. The number of amides is 1. The van der Waals surface area contributed by atoms with Crippen molar-refractivity contribution in [3.63, 3.8) is 0 Å². The molecule has 0 saturated carbocycles. The van der Waals surface area contributed by atoms with Crippen molar-refractivity contribution in [2.45, 2.75) is 37.7 Å². The van der Waals surface area contributed by atoms with Gasteiger partial charge in [0.15, 0.2) is 0 Å². The Morgan fingerprint density at radius 1 is 1.33 bits per heavy atom. The smallest absolute Gasteiger partial charge is 0.251 e. The first-order valence-corrected chi connectivity index (χ1v) is 8.37. The molecule has 21 heavy (non-hydrogen) atoms. The van der Waals surface area contributed by atoms with Gasteiger partial charge in [-0.2, -0.15) is 0 Å². The van der Waals surface area contributed by atoms with Crippen molar-refractivity contribution in [1.82, 2.24) is 5.32 Å². The number of carbonyl (C=O) groups is 1. The molecule has 0 radical (unpaired) electrons. The summed E-state index contributed by atoms with van der Waals surface area (Å²) in [5.41, 5.74) is 0.706. The topological polar surface area (TPSA) is 98.5 Å². The Balaban J connectivity index is 2.92. The maximum Gasteiger partial charge on any atom is 0.251 e. The van der Waals surface area contributed by atoms with E-state index < -0.39 is 10.0 Å². The third kappa shape index (κ3) is 5.45. The molecule has 7 heteroatoms. The molecule has 1 rings (SSSR count). The first-order chi connectivity index (χ1) is 9.90. The fraction of sp³-hybridized carbons (Fsp3) is 0.500. The lowest BCUT2D eigenvalue weighted by Gasteiger charge is -2.10. The molecule has 0 aromatic heterocycles. The highest BCUT2D eigenvalue weighted by Crippen LogP contribution is 2.17. The number of hydrogen-bond acceptors (Lipinski definition) is 4. The van der Waals surface area contributed by atoms with Crippen LogP contribution in [0.3, 0.4) is 0 Å². The van der Waals surface area contributed by atoms with Crippen LogP contribution in [0, 0.1) is 0 Å². The van der Waals surface area contributed by atoms with Crippen LogP contribution in [0.5, 0.6) is 0 Å². The second-order valence-electron chi connectivity index (χ2n) is 4.76. The standard InChI is InChI=1S/C14H22N2O4S/c1-3-4-5-8-16-14(17)11-6-7-12(10-20-2)13(9-11)21(15,18)19/h6-7,9H,3-5,8,10H2,1-2H3,(H,16,17)(H2,15,18,19). The molecule has 1 aromatic carbocycles. The first kappa shape index (κ1) is 17.6. The van der Waals surface area contributed by atoms with E-state index in [1.807, 2.05) is 0 Å². The van der Waals surface area contributed by atoms with Crippen LogP contribution in [-0.4, -0.2) is 28.0 Å². The number of carbonyl (C=O) groups excluding carboxylic acids is 1. The lowest BCUT2D eigenvalue weighted by molar-refractivity contribution is 0.0952. The van der Waals surface area contributed by atoms with Gasteiger partial charge in [-0.3, -0.25) is 4.79 Å². The molecule has 3 N–H and O–H groups in total. The molecule has 0 unspecified atom stereocenters. The largest absolute Gasteiger partial charge is 0.380 e. The first-order valence-electron chi connectivity index (χ1n) is 6.83. The predicted molar refractivity (Wildman–Crippen MR) is 80.4 cm³/mol. The minimum absolute atomic E-state index is 0.0782. The molecular weight excluding hydrogens is 292 g/mol. The summed E-state index contributed by atoms with van der Waals surface area (Å²) >= 11 is 0. The summed E-state index contributed by atoms with van der Waals surface area (Å²) in [6, 6.07) is 4.40. The van der Waals surface area contributed by atoms with Crippen LogP contribution in [-0.2, 0) is 21.4 Å². The van der Waals surface area contributed by atoms with Crippen LogP contribution in [0.15, 0.2) is 23.1 Å². The van der Waals surface area contributed by atoms with E-state index >= 15 is 0 Å². The number of primary sulfonamides is 1. The molecule has 0 spiro atoms. The fourth-order valence-corrected chi connectivity index (χ4v) is 2.70. The minimum Gasteiger partial charge on any atom is -0.380 e. The Labute approximate surface area is 125 Å². The van der Waals surface area contributed by atoms with Crippen molar-refractivity contribution in [1.29, 1.82) is 0 Å². The molecule has 1 aromatic rings. The molecule has 0 aliphatic heterocycles. The maximum absolute atomic E-state index is 12.0. The van der Waals surface area contributed by atoms with E-state index in [2.05, 4.69) is 12.2 Å². The summed E-state index contributed by atoms with van der Waals surface area (Å²) in [6.45, 7) is 2.76. The summed E-state index contributed by atoms with van der Waals surface area (Å²) in [5.74, 6) is -0.306. The van der Waals surface area contributed by atoms with Gasteiger partial charge >= 0.3 is 0 Å². The van der Waals surface area contributed by atoms with Crippen LogP contribution < -0.4 is 10.5 Å². The van der Waals surface area contributed by atoms with Crippen molar-refractivity contribution >= 4 is 15.9 Å². The van der Waals surface area contributed by atoms with Crippen LogP contribution in [0.2, 0.25) is 0 Å². The number of sulfonamides is 1. The SMILES string of the molecule is CCCCCNC(=O)c1ccc(COC)c(S(N)(=O)=O)c1. The summed E-state index contributed by atoms with van der Waals surface area (Å²) in [5, 5.41) is 7.94. The Hall–Kier alpha value is -1.44. The summed E-state index contributed by atoms with van der Waals surface area (Å²) in [7, 11) is -2.44. The molecule has 1 amide bonds. The van der Waals surface area contributed by atoms with Gasteiger partial charge < -0.3 is 10.1 Å². The average Bonchev–Trinajstić information content (AvgIpc) is 2.43. The van der Waals surface area contributed by atoms with E-state index in [4.69, 9.17) is 9.88 Å². The zero-order valence-electron chi connectivity index (χ0n) is 12.4. The van der Waals surface area contributed by atoms with E-state index in [0.29, 0.717) is 12.1 Å². The highest BCUT2D eigenvalue weighted by molar-refractivity contribution is 7.89. The lowest BCUT2D eigenvalue weighted by atomic mass is 10.1. The third-order valence-corrected chi connectivity index (χ3v) is 3.99. The van der Waals surface area contributed by atoms with E-state index in [0.717, 1.165) is 19.3 Å². The Morgan fingerprint density at radius 3 is 2.62 bits per heavy atom. The van der Waals surface area contributed by atoms with Crippen molar-refractivity contribution in [3.8, 4) is 0 Å². The summed E-state index contributed by atoms with van der Waals surface area (Å²) in [6.07, 6.45) is 3.00. The monoisotopic (exact) mass is 314 g/mol. The van der Waals surface area contributed by atoms with E-state index in [9.17, 15) is 13.2 Å². The van der Waals surface area contributed by atoms with Gasteiger partial charge in [-0.15, -0.1) is 0 Å². The number of hydrogen-bond donors (Lipinski definition) is 2. The van der Waals surface area contributed by atoms with Crippen LogP contribution in [0.4, 0.5) is 0 Å². The van der Waals surface area contributed by atoms with Crippen molar-refractivity contribution in [3.05, 3.63) is 29.3 Å². The third-order valence-electron chi connectivity index (χ3n) is 3.00. The van der Waals surface area contributed by atoms with Gasteiger partial charge in [0, 0.05) is 19.2 Å². The van der Waals surface area contributed by atoms with Gasteiger partial charge in [0.25, 0.3) is 5.91 Å². The molecule has 0 aliphatic carbocycles. The van der Waals surface area contributed by atoms with Crippen LogP contribution in [0.25, 0.3) is 0 Å². The molecular formula is C14H22N2O4S. The fourth-order valence-electron chi connectivity index (χ4n) is 1.91. The normalized spacial score (nSPS) is 11.4. The van der Waals surface area contributed by atoms with E-state index in [1.54, 1.807) is 12.1 Å². The van der Waals surface area contributed by atoms with E-state index in [-0.39, 0.29) is 23.0 Å². The molecule has 0 atom stereocenters. The molecule has 0 heterocycles. The number of nitrogens with one attached hydrogen (secondary N) is 1. The van der Waals surface area contributed by atoms with Crippen molar-refractivity contribution in [2.75, 3.05) is 13.7 Å². The van der Waals surface area contributed by atoms with Crippen LogP contribution in [0.1, 0.15) is 42.1 Å². The molecule has 6 nitrogen and oxygen atoms in total. The highest BCUT2D eigenvalue weighted by Gasteiger charge is 2.17. The van der Waals surface area contributed by atoms with Gasteiger partial charge in [-0.1, -0.05) is 25.8 Å². The molecule has 0 fully saturated rings. The van der Waals surface area contributed by atoms with Gasteiger partial charge in [-0.25, -0.2) is 13.6 Å². The minimum atomic E-state index is -3.90. The Bertz CT molecular complexity index is 585. The summed E-state index contributed by atoms with van der Waals surface area (Å²) < 4.78 is 28.1. The summed E-state index contributed by atoms with van der Waals surface area (Å²) in [4.78, 5) is 11.9. The van der Waals surface area contributed by atoms with Gasteiger partial charge in [0.05, 0.1) is 11.5 Å². The van der Waals surface area contributed by atoms with Crippen LogP contribution >= 0.6 is 0 Å². The number of ether oxygens (including phenoxy) is 1. The number of methoxy groups -OCH3 is 1.